The van der Waals surface area contributed by atoms with Crippen LogP contribution < -0.4 is 5.56 Å². The molecular formula is C12H12N2O2. The van der Waals surface area contributed by atoms with Gasteiger partial charge in [0.2, 0.25) is 0 Å². The molecule has 1 aliphatic heterocycles. The zero-order chi connectivity index (χ0) is 11.5. The minimum absolute atomic E-state index is 0.150. The molecule has 0 unspecified atom stereocenters. The topological polar surface area (TPSA) is 53.2 Å². The molecule has 1 aromatic heterocycles. The van der Waals surface area contributed by atoms with E-state index in [2.05, 4.69) is 4.98 Å². The molecule has 0 aliphatic carbocycles. The van der Waals surface area contributed by atoms with E-state index in [1.165, 1.54) is 6.07 Å². The maximum atomic E-state index is 11.4. The fourth-order valence-electron chi connectivity index (χ4n) is 1.58. The number of carbonyl (C=O) groups excluding carboxylic acids is 1. The molecule has 1 aliphatic rings. The lowest BCUT2D eigenvalue weighted by Gasteiger charge is -2.17. The molecule has 2 heterocycles. The molecule has 0 saturated carbocycles. The highest BCUT2D eigenvalue weighted by Gasteiger charge is 2.06. The number of allylic oxidation sites excluding steroid dienone is 2. The third-order valence-electron chi connectivity index (χ3n) is 2.43. The third kappa shape index (κ3) is 1.95. The highest BCUT2D eigenvalue weighted by Crippen LogP contribution is 2.16. The number of pyridine rings is 1. The van der Waals surface area contributed by atoms with Gasteiger partial charge in [0.15, 0.2) is 6.29 Å². The van der Waals surface area contributed by atoms with Crippen molar-refractivity contribution >= 4 is 11.9 Å². The zero-order valence-corrected chi connectivity index (χ0v) is 8.93. The van der Waals surface area contributed by atoms with Gasteiger partial charge in [-0.3, -0.25) is 9.59 Å². The van der Waals surface area contributed by atoms with Crippen molar-refractivity contribution in [3.05, 3.63) is 52.1 Å². The number of aldehydes is 1. The maximum Gasteiger partial charge on any atom is 0.258 e. The number of nitrogens with zero attached hydrogens (tertiary/aromatic N) is 1. The van der Waals surface area contributed by atoms with Crippen LogP contribution in [0.15, 0.2) is 35.3 Å². The van der Waals surface area contributed by atoms with Gasteiger partial charge < -0.3 is 9.88 Å². The van der Waals surface area contributed by atoms with Crippen LogP contribution in [0.25, 0.3) is 5.57 Å². The van der Waals surface area contributed by atoms with E-state index < -0.39 is 0 Å². The number of aromatic amines is 1. The minimum atomic E-state index is -0.352. The summed E-state index contributed by atoms with van der Waals surface area (Å²) in [4.78, 5) is 26.7. The molecule has 16 heavy (non-hydrogen) atoms. The second-order valence-electron chi connectivity index (χ2n) is 3.70. The number of nitrogens with one attached hydrogen (secondary N) is 1. The smallest absolute Gasteiger partial charge is 0.258 e. The highest BCUT2D eigenvalue weighted by atomic mass is 16.1. The van der Waals surface area contributed by atoms with Crippen LogP contribution in [0.2, 0.25) is 0 Å². The van der Waals surface area contributed by atoms with Crippen LogP contribution in [-0.4, -0.2) is 29.8 Å². The molecule has 4 heteroatoms. The summed E-state index contributed by atoms with van der Waals surface area (Å²) in [5.74, 6) is 0. The average Bonchev–Trinajstić information content (AvgIpc) is 2.29. The first kappa shape index (κ1) is 10.4. The van der Waals surface area contributed by atoms with Gasteiger partial charge in [0.25, 0.3) is 5.56 Å². The Bertz CT molecular complexity index is 526. The van der Waals surface area contributed by atoms with Crippen molar-refractivity contribution in [3.63, 3.8) is 0 Å². The Morgan fingerprint density at radius 3 is 2.88 bits per heavy atom. The molecule has 0 spiro atoms. The second kappa shape index (κ2) is 4.18. The van der Waals surface area contributed by atoms with E-state index in [-0.39, 0.29) is 11.1 Å². The Morgan fingerprint density at radius 2 is 2.25 bits per heavy atom. The first-order valence-electron chi connectivity index (χ1n) is 4.98. The Balaban J connectivity index is 2.42. The van der Waals surface area contributed by atoms with Gasteiger partial charge in [0.05, 0.1) is 5.56 Å². The number of carbonyl (C=O) groups is 1. The van der Waals surface area contributed by atoms with Crippen LogP contribution in [0.5, 0.6) is 0 Å². The van der Waals surface area contributed by atoms with Crippen molar-refractivity contribution in [3.8, 4) is 0 Å². The fourth-order valence-corrected chi connectivity index (χ4v) is 1.58. The highest BCUT2D eigenvalue weighted by molar-refractivity contribution is 5.76. The standard InChI is InChI=1S/C12H12N2O2/c1-14-6-2-3-9(7-14)11-5-4-10(8-15)12(16)13-11/h2-5,7-8H,6H2,1H3,(H,13,16). The van der Waals surface area contributed by atoms with Gasteiger partial charge in [0, 0.05) is 31.1 Å². The number of likely N-dealkylation sites (N-methyl/N-ethyl adjacent to an activating group) is 1. The van der Waals surface area contributed by atoms with Crippen molar-refractivity contribution < 1.29 is 4.79 Å². The summed E-state index contributed by atoms with van der Waals surface area (Å²) in [5.41, 5.74) is 1.45. The molecule has 1 N–H and O–H groups in total. The minimum Gasteiger partial charge on any atom is -0.376 e. The fraction of sp³-hybridized carbons (Fsp3) is 0.167. The van der Waals surface area contributed by atoms with E-state index in [1.54, 1.807) is 6.07 Å². The summed E-state index contributed by atoms with van der Waals surface area (Å²) in [6.45, 7) is 0.861. The third-order valence-corrected chi connectivity index (χ3v) is 2.43. The van der Waals surface area contributed by atoms with Gasteiger partial charge >= 0.3 is 0 Å². The molecule has 0 bridgehead atoms. The quantitative estimate of drug-likeness (QED) is 0.751. The normalized spacial score (nSPS) is 14.8. The van der Waals surface area contributed by atoms with Crippen LogP contribution in [0.1, 0.15) is 16.1 Å². The summed E-state index contributed by atoms with van der Waals surface area (Å²) in [5, 5.41) is 0. The number of aromatic nitrogens is 1. The van der Waals surface area contributed by atoms with Crippen molar-refractivity contribution in [1.82, 2.24) is 9.88 Å². The van der Waals surface area contributed by atoms with Gasteiger partial charge in [-0.25, -0.2) is 0 Å². The summed E-state index contributed by atoms with van der Waals surface area (Å²) in [6, 6.07) is 3.27. The summed E-state index contributed by atoms with van der Waals surface area (Å²) in [6.07, 6.45) is 6.47. The Morgan fingerprint density at radius 1 is 1.44 bits per heavy atom. The lowest BCUT2D eigenvalue weighted by Crippen LogP contribution is -2.17. The largest absolute Gasteiger partial charge is 0.376 e. The van der Waals surface area contributed by atoms with Gasteiger partial charge in [-0.1, -0.05) is 12.2 Å². The number of hydrogen-bond acceptors (Lipinski definition) is 3. The molecule has 82 valence electrons. The van der Waals surface area contributed by atoms with E-state index >= 15 is 0 Å². The average molecular weight is 216 g/mol. The van der Waals surface area contributed by atoms with E-state index in [1.807, 2.05) is 30.3 Å². The summed E-state index contributed by atoms with van der Waals surface area (Å²) >= 11 is 0. The molecule has 1 aromatic rings. The second-order valence-corrected chi connectivity index (χ2v) is 3.70. The first-order chi connectivity index (χ1) is 7.70. The van der Waals surface area contributed by atoms with Crippen LogP contribution in [0, 0.1) is 0 Å². The molecule has 0 saturated heterocycles. The zero-order valence-electron chi connectivity index (χ0n) is 8.93. The predicted molar refractivity (Wildman–Crippen MR) is 62.2 cm³/mol. The number of H-pyrrole nitrogens is 1. The number of rotatable bonds is 2. The Hall–Kier alpha value is -2.10. The lowest BCUT2D eigenvalue weighted by atomic mass is 10.1. The van der Waals surface area contributed by atoms with Crippen molar-refractivity contribution in [2.24, 2.45) is 0 Å². The van der Waals surface area contributed by atoms with E-state index in [4.69, 9.17) is 0 Å². The van der Waals surface area contributed by atoms with Crippen molar-refractivity contribution in [2.45, 2.75) is 0 Å². The van der Waals surface area contributed by atoms with Gasteiger partial charge in [-0.2, -0.15) is 0 Å². The van der Waals surface area contributed by atoms with Crippen molar-refractivity contribution in [2.75, 3.05) is 13.6 Å². The predicted octanol–water partition coefficient (Wildman–Crippen LogP) is 1.03. The lowest BCUT2D eigenvalue weighted by molar-refractivity contribution is 0.112. The molecular weight excluding hydrogens is 204 g/mol. The SMILES string of the molecule is CN1C=C(c2ccc(C=O)c(=O)[nH]2)C=CC1. The van der Waals surface area contributed by atoms with Gasteiger partial charge in [-0.05, 0) is 12.1 Å². The van der Waals surface area contributed by atoms with E-state index in [9.17, 15) is 9.59 Å². The van der Waals surface area contributed by atoms with Crippen LogP contribution in [-0.2, 0) is 0 Å². The maximum absolute atomic E-state index is 11.4. The van der Waals surface area contributed by atoms with Gasteiger partial charge in [-0.15, -0.1) is 0 Å². The first-order valence-corrected chi connectivity index (χ1v) is 4.98. The molecule has 0 radical (unpaired) electrons. The molecule has 2 rings (SSSR count). The summed E-state index contributed by atoms with van der Waals surface area (Å²) in [7, 11) is 1.96. The molecule has 0 aromatic carbocycles. The number of hydrogen-bond donors (Lipinski definition) is 1. The van der Waals surface area contributed by atoms with Gasteiger partial charge in [0.1, 0.15) is 0 Å². The Kier molecular flexibility index (Phi) is 2.72. The van der Waals surface area contributed by atoms with Crippen LogP contribution in [0.4, 0.5) is 0 Å². The van der Waals surface area contributed by atoms with Crippen molar-refractivity contribution in [1.29, 1.82) is 0 Å². The molecule has 0 atom stereocenters. The molecule has 4 nitrogen and oxygen atoms in total. The molecule has 0 amide bonds. The monoisotopic (exact) mass is 216 g/mol. The van der Waals surface area contributed by atoms with Crippen LogP contribution in [0.3, 0.4) is 0 Å². The summed E-state index contributed by atoms with van der Waals surface area (Å²) < 4.78 is 0. The van der Waals surface area contributed by atoms with Crippen LogP contribution >= 0.6 is 0 Å². The molecule has 0 fully saturated rings. The van der Waals surface area contributed by atoms with E-state index in [0.29, 0.717) is 6.29 Å². The van der Waals surface area contributed by atoms with E-state index in [0.717, 1.165) is 17.8 Å². The Labute approximate surface area is 92.9 Å².